The molecule has 0 aliphatic heterocycles. The fourth-order valence-corrected chi connectivity index (χ4v) is 1.46. The Morgan fingerprint density at radius 1 is 1.40 bits per heavy atom. The van der Waals surface area contributed by atoms with E-state index in [0.717, 1.165) is 27.4 Å². The molecule has 0 amide bonds. The van der Waals surface area contributed by atoms with Crippen LogP contribution in [-0.2, 0) is 6.54 Å². The van der Waals surface area contributed by atoms with Crippen molar-refractivity contribution in [2.45, 2.75) is 6.54 Å². The molecule has 0 aliphatic rings. The van der Waals surface area contributed by atoms with Gasteiger partial charge in [-0.1, -0.05) is 6.07 Å². The van der Waals surface area contributed by atoms with Gasteiger partial charge in [-0.3, -0.25) is 4.98 Å². The molecule has 0 spiro atoms. The minimum absolute atomic E-state index is 1.04. The van der Waals surface area contributed by atoms with Crippen molar-refractivity contribution in [2.75, 3.05) is 0 Å². The third-order valence-electron chi connectivity index (χ3n) is 1.20. The zero-order valence-electron chi connectivity index (χ0n) is 6.41. The van der Waals surface area contributed by atoms with Crippen molar-refractivity contribution >= 4 is 20.8 Å². The van der Waals surface area contributed by atoms with E-state index >= 15 is 0 Å². The summed E-state index contributed by atoms with van der Waals surface area (Å²) < 4.78 is 2.38. The number of hydrogen-bond donors (Lipinski definition) is 0. The largest absolute Gasteiger partial charge is 0.356 e. The highest BCUT2D eigenvalue weighted by molar-refractivity contribution is 6.24. The van der Waals surface area contributed by atoms with Gasteiger partial charge in [0.2, 0.25) is 0 Å². The SMILES string of the molecule is [SiH3]N([SiH3])Cc1ccccn1. The number of nitrogens with zero attached hydrogens (tertiary/aromatic N) is 2. The maximum Gasteiger partial charge on any atom is 0.0702 e. The van der Waals surface area contributed by atoms with Gasteiger partial charge in [-0.05, 0) is 12.1 Å². The minimum Gasteiger partial charge on any atom is -0.356 e. The van der Waals surface area contributed by atoms with Crippen molar-refractivity contribution in [3.8, 4) is 0 Å². The molecular formula is C6H12N2Si2. The van der Waals surface area contributed by atoms with E-state index in [1.165, 1.54) is 5.69 Å². The summed E-state index contributed by atoms with van der Waals surface area (Å²) in [5, 5.41) is 0. The fraction of sp³-hybridized carbons (Fsp3) is 0.167. The molecule has 0 atom stereocenters. The Morgan fingerprint density at radius 2 is 2.20 bits per heavy atom. The number of rotatable bonds is 2. The van der Waals surface area contributed by atoms with Crippen LogP contribution in [0.5, 0.6) is 0 Å². The van der Waals surface area contributed by atoms with Gasteiger partial charge in [0.25, 0.3) is 0 Å². The van der Waals surface area contributed by atoms with E-state index in [1.807, 2.05) is 18.3 Å². The fourth-order valence-electron chi connectivity index (χ4n) is 0.816. The standard InChI is InChI=1S/C6H12N2Si2/c9-8(10)5-6-3-1-2-4-7-6/h1-4H,5H2,9-10H3. The van der Waals surface area contributed by atoms with Crippen LogP contribution in [-0.4, -0.2) is 30.0 Å². The molecular weight excluding hydrogens is 156 g/mol. The summed E-state index contributed by atoms with van der Waals surface area (Å²) in [4.78, 5) is 4.22. The van der Waals surface area contributed by atoms with Crippen molar-refractivity contribution in [2.24, 2.45) is 0 Å². The molecule has 0 saturated heterocycles. The molecule has 1 aromatic rings. The van der Waals surface area contributed by atoms with Crippen molar-refractivity contribution in [1.82, 2.24) is 9.22 Å². The van der Waals surface area contributed by atoms with E-state index in [2.05, 4.69) is 15.3 Å². The second kappa shape index (κ2) is 3.65. The predicted molar refractivity (Wildman–Crippen MR) is 49.7 cm³/mol. The third kappa shape index (κ3) is 2.42. The monoisotopic (exact) mass is 168 g/mol. The number of pyridine rings is 1. The highest BCUT2D eigenvalue weighted by atomic mass is 28.2. The van der Waals surface area contributed by atoms with Crippen LogP contribution in [0.25, 0.3) is 0 Å². The molecule has 1 heterocycles. The third-order valence-corrected chi connectivity index (χ3v) is 1.84. The zero-order chi connectivity index (χ0) is 7.40. The van der Waals surface area contributed by atoms with Crippen LogP contribution in [0.3, 0.4) is 0 Å². The maximum atomic E-state index is 4.22. The van der Waals surface area contributed by atoms with E-state index in [0.29, 0.717) is 0 Å². The average molecular weight is 168 g/mol. The van der Waals surface area contributed by atoms with E-state index in [9.17, 15) is 0 Å². The first kappa shape index (κ1) is 7.65. The average Bonchev–Trinajstić information content (AvgIpc) is 1.88. The second-order valence-electron chi connectivity index (χ2n) is 2.56. The quantitative estimate of drug-likeness (QED) is 0.497. The summed E-state index contributed by atoms with van der Waals surface area (Å²) in [5.41, 5.74) is 1.19. The Labute approximate surface area is 67.3 Å². The highest BCUT2D eigenvalue weighted by Gasteiger charge is 1.91. The van der Waals surface area contributed by atoms with Crippen LogP contribution in [0.4, 0.5) is 0 Å². The molecule has 2 nitrogen and oxygen atoms in total. The Hall–Kier alpha value is -0.456. The first-order valence-corrected chi connectivity index (χ1v) is 5.12. The Morgan fingerprint density at radius 3 is 2.70 bits per heavy atom. The Balaban J connectivity index is 2.59. The normalized spacial score (nSPS) is 10.9. The molecule has 0 radical (unpaired) electrons. The zero-order valence-corrected chi connectivity index (χ0v) is 10.4. The lowest BCUT2D eigenvalue weighted by Crippen LogP contribution is -2.15. The Bertz CT molecular complexity index is 188. The first-order chi connectivity index (χ1) is 4.79. The lowest BCUT2D eigenvalue weighted by molar-refractivity contribution is 0.681. The van der Waals surface area contributed by atoms with Gasteiger partial charge in [-0.15, -0.1) is 0 Å². The smallest absolute Gasteiger partial charge is 0.0702 e. The van der Waals surface area contributed by atoms with E-state index in [1.54, 1.807) is 0 Å². The molecule has 10 heavy (non-hydrogen) atoms. The molecule has 0 N–H and O–H groups in total. The molecule has 4 heteroatoms. The molecule has 0 aliphatic carbocycles. The van der Waals surface area contributed by atoms with Gasteiger partial charge in [-0.25, -0.2) is 0 Å². The molecule has 0 fully saturated rings. The van der Waals surface area contributed by atoms with Crippen molar-refractivity contribution in [3.05, 3.63) is 30.1 Å². The number of aromatic nitrogens is 1. The van der Waals surface area contributed by atoms with Gasteiger partial charge in [0.15, 0.2) is 0 Å². The summed E-state index contributed by atoms with van der Waals surface area (Å²) in [7, 11) is 2.32. The second-order valence-corrected chi connectivity index (χ2v) is 7.40. The van der Waals surface area contributed by atoms with Gasteiger partial charge >= 0.3 is 0 Å². The lowest BCUT2D eigenvalue weighted by Gasteiger charge is -2.07. The topological polar surface area (TPSA) is 16.1 Å². The van der Waals surface area contributed by atoms with Crippen LogP contribution in [0.2, 0.25) is 0 Å². The van der Waals surface area contributed by atoms with Crippen LogP contribution >= 0.6 is 0 Å². The summed E-state index contributed by atoms with van der Waals surface area (Å²) in [6.45, 7) is 1.04. The molecule has 0 saturated carbocycles. The van der Waals surface area contributed by atoms with Gasteiger partial charge < -0.3 is 4.23 Å². The highest BCUT2D eigenvalue weighted by Crippen LogP contribution is 1.94. The summed E-state index contributed by atoms with van der Waals surface area (Å²) in [6, 6.07) is 6.06. The molecule has 54 valence electrons. The molecule has 0 bridgehead atoms. The van der Waals surface area contributed by atoms with Crippen LogP contribution in [0.1, 0.15) is 5.69 Å². The van der Waals surface area contributed by atoms with Gasteiger partial charge in [0, 0.05) is 12.7 Å². The van der Waals surface area contributed by atoms with Crippen molar-refractivity contribution in [3.63, 3.8) is 0 Å². The maximum absolute atomic E-state index is 4.22. The minimum atomic E-state index is 1.04. The Kier molecular flexibility index (Phi) is 2.79. The van der Waals surface area contributed by atoms with Crippen LogP contribution < -0.4 is 0 Å². The van der Waals surface area contributed by atoms with Crippen molar-refractivity contribution in [1.29, 1.82) is 0 Å². The molecule has 1 aromatic heterocycles. The van der Waals surface area contributed by atoms with Gasteiger partial charge in [0.05, 0.1) is 26.5 Å². The van der Waals surface area contributed by atoms with Gasteiger partial charge in [0.1, 0.15) is 0 Å². The number of hydrogen-bond acceptors (Lipinski definition) is 2. The summed E-state index contributed by atoms with van der Waals surface area (Å²) in [5.74, 6) is 0. The molecule has 0 aromatic carbocycles. The van der Waals surface area contributed by atoms with E-state index < -0.39 is 0 Å². The lowest BCUT2D eigenvalue weighted by atomic mass is 10.4. The van der Waals surface area contributed by atoms with Crippen molar-refractivity contribution < 1.29 is 0 Å². The molecule has 0 unspecified atom stereocenters. The first-order valence-electron chi connectivity index (χ1n) is 3.33. The van der Waals surface area contributed by atoms with Crippen LogP contribution in [0.15, 0.2) is 24.4 Å². The predicted octanol–water partition coefficient (Wildman–Crippen LogP) is -1.56. The van der Waals surface area contributed by atoms with E-state index in [-0.39, 0.29) is 0 Å². The summed E-state index contributed by atoms with van der Waals surface area (Å²) in [6.07, 6.45) is 1.85. The van der Waals surface area contributed by atoms with Gasteiger partial charge in [-0.2, -0.15) is 0 Å². The van der Waals surface area contributed by atoms with E-state index in [4.69, 9.17) is 0 Å². The summed E-state index contributed by atoms with van der Waals surface area (Å²) >= 11 is 0. The van der Waals surface area contributed by atoms with Crippen LogP contribution in [0, 0.1) is 0 Å². The molecule has 1 rings (SSSR count).